The van der Waals surface area contributed by atoms with Gasteiger partial charge in [-0.3, -0.25) is 9.20 Å². The lowest BCUT2D eigenvalue weighted by Crippen LogP contribution is -2.08. The molecule has 102 valence electrons. The van der Waals surface area contributed by atoms with Crippen molar-refractivity contribution >= 4 is 32.9 Å². The average Bonchev–Trinajstić information content (AvgIpc) is 2.84. The van der Waals surface area contributed by atoms with Crippen LogP contribution in [0.15, 0.2) is 68.3 Å². The topological polar surface area (TPSA) is 47.5 Å². The number of aromatic nitrogens is 2. The Hall–Kier alpha value is -2.40. The minimum atomic E-state index is -0.313. The molecular formula is C16H9BrN2O2. The first kappa shape index (κ1) is 12.3. The van der Waals surface area contributed by atoms with E-state index in [0.717, 1.165) is 21.2 Å². The van der Waals surface area contributed by atoms with Gasteiger partial charge in [-0.15, -0.1) is 0 Å². The Morgan fingerprint density at radius 2 is 1.86 bits per heavy atom. The lowest BCUT2D eigenvalue weighted by molar-refractivity contribution is 0.634. The molecule has 2 aromatic carbocycles. The van der Waals surface area contributed by atoms with Crippen molar-refractivity contribution in [3.8, 4) is 11.3 Å². The Morgan fingerprint density at radius 1 is 1.05 bits per heavy atom. The predicted molar refractivity (Wildman–Crippen MR) is 84.4 cm³/mol. The predicted octanol–water partition coefficient (Wildman–Crippen LogP) is 3.87. The summed E-state index contributed by atoms with van der Waals surface area (Å²) in [5.41, 5.74) is 2.95. The molecule has 21 heavy (non-hydrogen) atoms. The molecule has 2 aromatic heterocycles. The van der Waals surface area contributed by atoms with Gasteiger partial charge in [0.25, 0.3) is 5.56 Å². The number of fused-ring (bicyclic) bond motifs is 3. The van der Waals surface area contributed by atoms with Crippen molar-refractivity contribution < 1.29 is 4.42 Å². The van der Waals surface area contributed by atoms with E-state index in [4.69, 9.17) is 4.42 Å². The summed E-state index contributed by atoms with van der Waals surface area (Å²) in [4.78, 5) is 15.8. The van der Waals surface area contributed by atoms with E-state index in [2.05, 4.69) is 20.9 Å². The SMILES string of the molecule is O=c1cc(-c2ccccc2)n2c(n1)oc1ccc(Br)cc12. The van der Waals surface area contributed by atoms with Crippen molar-refractivity contribution in [2.24, 2.45) is 0 Å². The van der Waals surface area contributed by atoms with Gasteiger partial charge in [-0.25, -0.2) is 0 Å². The van der Waals surface area contributed by atoms with Crippen molar-refractivity contribution in [3.05, 3.63) is 69.4 Å². The van der Waals surface area contributed by atoms with Crippen molar-refractivity contribution in [3.63, 3.8) is 0 Å². The van der Waals surface area contributed by atoms with E-state index in [-0.39, 0.29) is 5.56 Å². The molecular weight excluding hydrogens is 332 g/mol. The fourth-order valence-corrected chi connectivity index (χ4v) is 2.78. The number of benzene rings is 2. The van der Waals surface area contributed by atoms with Crippen molar-refractivity contribution in [2.75, 3.05) is 0 Å². The maximum Gasteiger partial charge on any atom is 0.310 e. The van der Waals surface area contributed by atoms with E-state index in [9.17, 15) is 4.79 Å². The third-order valence-electron chi connectivity index (χ3n) is 3.33. The van der Waals surface area contributed by atoms with E-state index in [1.165, 1.54) is 6.07 Å². The lowest BCUT2D eigenvalue weighted by Gasteiger charge is -2.04. The van der Waals surface area contributed by atoms with Gasteiger partial charge in [0.2, 0.25) is 0 Å². The standard InChI is InChI=1S/C16H9BrN2O2/c17-11-6-7-14-13(8-11)19-12(10-4-2-1-3-5-10)9-15(20)18-16(19)21-14/h1-9H. The van der Waals surface area contributed by atoms with Gasteiger partial charge in [0, 0.05) is 10.5 Å². The molecule has 4 aromatic rings. The number of nitrogens with zero attached hydrogens (tertiary/aromatic N) is 2. The molecule has 0 saturated heterocycles. The largest absolute Gasteiger partial charge is 0.423 e. The third-order valence-corrected chi connectivity index (χ3v) is 3.82. The second-order valence-corrected chi connectivity index (χ2v) is 5.59. The van der Waals surface area contributed by atoms with Gasteiger partial charge in [0.15, 0.2) is 5.58 Å². The maximum atomic E-state index is 11.8. The van der Waals surface area contributed by atoms with Gasteiger partial charge in [-0.2, -0.15) is 4.98 Å². The highest BCUT2D eigenvalue weighted by Crippen LogP contribution is 2.27. The fraction of sp³-hybridized carbons (Fsp3) is 0. The van der Waals surface area contributed by atoms with Crippen LogP contribution in [0.3, 0.4) is 0 Å². The second-order valence-electron chi connectivity index (χ2n) is 4.68. The van der Waals surface area contributed by atoms with Crippen molar-refractivity contribution in [1.82, 2.24) is 9.38 Å². The molecule has 5 heteroatoms. The molecule has 0 N–H and O–H groups in total. The van der Waals surface area contributed by atoms with Gasteiger partial charge < -0.3 is 4.42 Å². The number of rotatable bonds is 1. The van der Waals surface area contributed by atoms with E-state index in [1.807, 2.05) is 52.9 Å². The van der Waals surface area contributed by atoms with Crippen LogP contribution in [-0.4, -0.2) is 9.38 Å². The minimum Gasteiger partial charge on any atom is -0.423 e. The summed E-state index contributed by atoms with van der Waals surface area (Å²) in [6, 6.07) is 16.9. The van der Waals surface area contributed by atoms with E-state index < -0.39 is 0 Å². The first-order valence-electron chi connectivity index (χ1n) is 6.40. The molecule has 0 aliphatic rings. The van der Waals surface area contributed by atoms with Crippen LogP contribution in [0.1, 0.15) is 0 Å². The maximum absolute atomic E-state index is 11.8. The zero-order valence-electron chi connectivity index (χ0n) is 10.8. The van der Waals surface area contributed by atoms with E-state index >= 15 is 0 Å². The molecule has 0 saturated carbocycles. The first-order chi connectivity index (χ1) is 10.2. The second kappa shape index (κ2) is 4.56. The summed E-state index contributed by atoms with van der Waals surface area (Å²) in [6.07, 6.45) is 0. The Bertz CT molecular complexity index is 1020. The summed E-state index contributed by atoms with van der Waals surface area (Å²) in [5, 5.41) is 0. The van der Waals surface area contributed by atoms with Crippen molar-refractivity contribution in [1.29, 1.82) is 0 Å². The average molecular weight is 341 g/mol. The molecule has 0 spiro atoms. The lowest BCUT2D eigenvalue weighted by atomic mass is 10.1. The molecule has 0 amide bonds. The van der Waals surface area contributed by atoms with Crippen molar-refractivity contribution in [2.45, 2.75) is 0 Å². The molecule has 0 aliphatic heterocycles. The quantitative estimate of drug-likeness (QED) is 0.528. The number of hydrogen-bond acceptors (Lipinski definition) is 3. The Kier molecular flexibility index (Phi) is 2.68. The zero-order chi connectivity index (χ0) is 14.4. The molecule has 4 nitrogen and oxygen atoms in total. The molecule has 2 heterocycles. The van der Waals surface area contributed by atoms with Crippen LogP contribution < -0.4 is 5.56 Å². The molecule has 0 aliphatic carbocycles. The van der Waals surface area contributed by atoms with Crippen LogP contribution in [-0.2, 0) is 0 Å². The summed E-state index contributed by atoms with van der Waals surface area (Å²) in [6.45, 7) is 0. The van der Waals surface area contributed by atoms with Crippen LogP contribution in [0, 0.1) is 0 Å². The van der Waals surface area contributed by atoms with E-state index in [1.54, 1.807) is 0 Å². The Labute approximate surface area is 127 Å². The minimum absolute atomic E-state index is 0.300. The van der Waals surface area contributed by atoms with E-state index in [0.29, 0.717) is 11.4 Å². The number of halogens is 1. The normalized spacial score (nSPS) is 11.3. The number of hydrogen-bond donors (Lipinski definition) is 0. The van der Waals surface area contributed by atoms with Gasteiger partial charge in [0.05, 0.1) is 11.2 Å². The third kappa shape index (κ3) is 1.97. The summed E-state index contributed by atoms with van der Waals surface area (Å²) < 4.78 is 8.48. The summed E-state index contributed by atoms with van der Waals surface area (Å²) >= 11 is 3.46. The monoisotopic (exact) mass is 340 g/mol. The Balaban J connectivity index is 2.21. The highest BCUT2D eigenvalue weighted by atomic mass is 79.9. The molecule has 0 unspecified atom stereocenters. The molecule has 0 bridgehead atoms. The van der Waals surface area contributed by atoms with Crippen LogP contribution in [0.4, 0.5) is 0 Å². The molecule has 0 radical (unpaired) electrons. The van der Waals surface area contributed by atoms with Crippen LogP contribution >= 0.6 is 15.9 Å². The van der Waals surface area contributed by atoms with Crippen LogP contribution in [0.25, 0.3) is 28.2 Å². The highest BCUT2D eigenvalue weighted by Gasteiger charge is 2.13. The zero-order valence-corrected chi connectivity index (χ0v) is 12.4. The molecule has 0 atom stereocenters. The first-order valence-corrected chi connectivity index (χ1v) is 7.19. The van der Waals surface area contributed by atoms with Gasteiger partial charge in [0.1, 0.15) is 0 Å². The summed E-state index contributed by atoms with van der Waals surface area (Å²) in [7, 11) is 0. The van der Waals surface area contributed by atoms with Gasteiger partial charge >= 0.3 is 5.84 Å². The number of oxazole rings is 1. The molecule has 0 fully saturated rings. The van der Waals surface area contributed by atoms with Crippen LogP contribution in [0.5, 0.6) is 0 Å². The Morgan fingerprint density at radius 3 is 2.67 bits per heavy atom. The highest BCUT2D eigenvalue weighted by molar-refractivity contribution is 9.10. The smallest absolute Gasteiger partial charge is 0.310 e. The van der Waals surface area contributed by atoms with Crippen LogP contribution in [0.2, 0.25) is 0 Å². The fourth-order valence-electron chi connectivity index (χ4n) is 2.43. The van der Waals surface area contributed by atoms with Gasteiger partial charge in [-0.1, -0.05) is 46.3 Å². The summed E-state index contributed by atoms with van der Waals surface area (Å²) in [5.74, 6) is 0.300. The van der Waals surface area contributed by atoms with Gasteiger partial charge in [-0.05, 0) is 23.8 Å². The molecule has 4 rings (SSSR count).